The molecule has 0 aromatic carbocycles. The number of amides is 1. The molecule has 6 heteroatoms. The standard InChI is InChI=1S/C12H15BrN2O3/c1-12(2,3)9(11(17)18)15-10(16)7-4-5-14-8(13)6-7/h4-6,9H,1-3H3,(H,15,16)(H,17,18)/t9-/m1/s1. The third-order valence-corrected chi connectivity index (χ3v) is 2.81. The van der Waals surface area contributed by atoms with E-state index in [9.17, 15) is 9.59 Å². The van der Waals surface area contributed by atoms with Crippen LogP contribution in [-0.2, 0) is 4.79 Å². The molecule has 0 fully saturated rings. The summed E-state index contributed by atoms with van der Waals surface area (Å²) < 4.78 is 0.526. The first-order valence-corrected chi connectivity index (χ1v) is 6.16. The molecule has 0 saturated carbocycles. The van der Waals surface area contributed by atoms with Gasteiger partial charge in [-0.15, -0.1) is 0 Å². The minimum Gasteiger partial charge on any atom is -0.480 e. The van der Waals surface area contributed by atoms with Crippen LogP contribution in [0.1, 0.15) is 31.1 Å². The summed E-state index contributed by atoms with van der Waals surface area (Å²) in [7, 11) is 0. The van der Waals surface area contributed by atoms with Crippen LogP contribution in [0.3, 0.4) is 0 Å². The van der Waals surface area contributed by atoms with Crippen molar-refractivity contribution >= 4 is 27.8 Å². The molecule has 98 valence electrons. The van der Waals surface area contributed by atoms with Crippen LogP contribution in [0, 0.1) is 5.41 Å². The van der Waals surface area contributed by atoms with Gasteiger partial charge in [-0.1, -0.05) is 20.8 Å². The van der Waals surface area contributed by atoms with Crippen molar-refractivity contribution in [3.63, 3.8) is 0 Å². The fraction of sp³-hybridized carbons (Fsp3) is 0.417. The number of carbonyl (C=O) groups excluding carboxylic acids is 1. The molecule has 1 aromatic heterocycles. The first-order valence-electron chi connectivity index (χ1n) is 5.37. The molecule has 0 aliphatic carbocycles. The smallest absolute Gasteiger partial charge is 0.326 e. The number of hydrogen-bond donors (Lipinski definition) is 2. The number of rotatable bonds is 3. The van der Waals surface area contributed by atoms with Gasteiger partial charge in [0.15, 0.2) is 0 Å². The van der Waals surface area contributed by atoms with Gasteiger partial charge in [0.2, 0.25) is 0 Å². The van der Waals surface area contributed by atoms with Gasteiger partial charge in [0.25, 0.3) is 5.91 Å². The summed E-state index contributed by atoms with van der Waals surface area (Å²) in [6, 6.07) is 2.12. The Morgan fingerprint density at radius 3 is 2.50 bits per heavy atom. The monoisotopic (exact) mass is 314 g/mol. The van der Waals surface area contributed by atoms with E-state index in [2.05, 4.69) is 26.2 Å². The summed E-state index contributed by atoms with van der Waals surface area (Å²) >= 11 is 3.16. The Morgan fingerprint density at radius 1 is 1.44 bits per heavy atom. The molecule has 0 bridgehead atoms. The number of aromatic nitrogens is 1. The molecule has 1 aromatic rings. The summed E-state index contributed by atoms with van der Waals surface area (Å²) in [6.07, 6.45) is 1.48. The number of carboxylic acid groups (broad SMARTS) is 1. The van der Waals surface area contributed by atoms with Gasteiger partial charge in [-0.05, 0) is 33.5 Å². The van der Waals surface area contributed by atoms with Crippen molar-refractivity contribution in [3.8, 4) is 0 Å². The second kappa shape index (κ2) is 5.48. The predicted octanol–water partition coefficient (Wildman–Crippen LogP) is 2.07. The summed E-state index contributed by atoms with van der Waals surface area (Å²) in [6.45, 7) is 5.28. The maximum atomic E-state index is 11.9. The number of halogens is 1. The molecule has 2 N–H and O–H groups in total. The molecule has 1 atom stereocenters. The fourth-order valence-corrected chi connectivity index (χ4v) is 1.77. The lowest BCUT2D eigenvalue weighted by molar-refractivity contribution is -0.142. The molecule has 0 aliphatic heterocycles. The second-order valence-electron chi connectivity index (χ2n) is 4.98. The van der Waals surface area contributed by atoms with Crippen LogP contribution >= 0.6 is 15.9 Å². The maximum absolute atomic E-state index is 11.9. The number of pyridine rings is 1. The van der Waals surface area contributed by atoms with Gasteiger partial charge < -0.3 is 10.4 Å². The van der Waals surface area contributed by atoms with Crippen LogP contribution < -0.4 is 5.32 Å². The van der Waals surface area contributed by atoms with Crippen molar-refractivity contribution in [2.24, 2.45) is 5.41 Å². The van der Waals surface area contributed by atoms with Gasteiger partial charge in [0.05, 0.1) is 0 Å². The molecule has 1 heterocycles. The van der Waals surface area contributed by atoms with E-state index in [0.29, 0.717) is 10.2 Å². The van der Waals surface area contributed by atoms with Crippen molar-refractivity contribution in [1.29, 1.82) is 0 Å². The highest BCUT2D eigenvalue weighted by Crippen LogP contribution is 2.20. The maximum Gasteiger partial charge on any atom is 0.326 e. The van der Waals surface area contributed by atoms with Crippen molar-refractivity contribution in [2.75, 3.05) is 0 Å². The van der Waals surface area contributed by atoms with Gasteiger partial charge in [-0.25, -0.2) is 9.78 Å². The van der Waals surface area contributed by atoms with Gasteiger partial charge in [-0.3, -0.25) is 4.79 Å². The highest BCUT2D eigenvalue weighted by molar-refractivity contribution is 9.10. The Bertz CT molecular complexity index is 469. The van der Waals surface area contributed by atoms with E-state index in [1.807, 2.05) is 0 Å². The lowest BCUT2D eigenvalue weighted by atomic mass is 9.86. The Balaban J connectivity index is 2.89. The normalized spacial score (nSPS) is 12.9. The first-order chi connectivity index (χ1) is 8.21. The van der Waals surface area contributed by atoms with Crippen molar-refractivity contribution in [2.45, 2.75) is 26.8 Å². The summed E-state index contributed by atoms with van der Waals surface area (Å²) in [5.74, 6) is -1.48. The minimum absolute atomic E-state index is 0.368. The van der Waals surface area contributed by atoms with Crippen LogP contribution in [0.5, 0.6) is 0 Å². The minimum atomic E-state index is -1.05. The number of carboxylic acids is 1. The largest absolute Gasteiger partial charge is 0.480 e. The lowest BCUT2D eigenvalue weighted by Crippen LogP contribution is -2.49. The Morgan fingerprint density at radius 2 is 2.06 bits per heavy atom. The quantitative estimate of drug-likeness (QED) is 0.837. The number of nitrogens with one attached hydrogen (secondary N) is 1. The molecule has 18 heavy (non-hydrogen) atoms. The van der Waals surface area contributed by atoms with E-state index in [1.54, 1.807) is 20.8 Å². The van der Waals surface area contributed by atoms with E-state index < -0.39 is 23.3 Å². The van der Waals surface area contributed by atoms with E-state index in [1.165, 1.54) is 18.3 Å². The van der Waals surface area contributed by atoms with Crippen LogP contribution in [-0.4, -0.2) is 28.0 Å². The SMILES string of the molecule is CC(C)(C)[C@H](NC(=O)c1ccnc(Br)c1)C(=O)O. The lowest BCUT2D eigenvalue weighted by Gasteiger charge is -2.27. The van der Waals surface area contributed by atoms with Gasteiger partial charge in [0, 0.05) is 11.8 Å². The topological polar surface area (TPSA) is 79.3 Å². The van der Waals surface area contributed by atoms with E-state index in [4.69, 9.17) is 5.11 Å². The van der Waals surface area contributed by atoms with Crippen LogP contribution in [0.2, 0.25) is 0 Å². The van der Waals surface area contributed by atoms with Gasteiger partial charge in [0.1, 0.15) is 10.6 Å². The van der Waals surface area contributed by atoms with Crippen LogP contribution in [0.25, 0.3) is 0 Å². The molecular weight excluding hydrogens is 300 g/mol. The first kappa shape index (κ1) is 14.6. The third kappa shape index (κ3) is 3.80. The summed E-state index contributed by atoms with van der Waals surface area (Å²) in [5, 5.41) is 11.6. The average molecular weight is 315 g/mol. The molecule has 0 unspecified atom stereocenters. The molecule has 1 amide bonds. The molecule has 1 rings (SSSR count). The fourth-order valence-electron chi connectivity index (χ4n) is 1.41. The highest BCUT2D eigenvalue weighted by Gasteiger charge is 2.32. The van der Waals surface area contributed by atoms with E-state index in [0.717, 1.165) is 0 Å². The Kier molecular flexibility index (Phi) is 4.45. The van der Waals surface area contributed by atoms with Crippen molar-refractivity contribution < 1.29 is 14.7 Å². The number of hydrogen-bond acceptors (Lipinski definition) is 3. The number of aliphatic carboxylic acids is 1. The number of nitrogens with zero attached hydrogens (tertiary/aromatic N) is 1. The van der Waals surface area contributed by atoms with E-state index in [-0.39, 0.29) is 0 Å². The Labute approximate surface area is 114 Å². The van der Waals surface area contributed by atoms with Gasteiger partial charge >= 0.3 is 5.97 Å². The zero-order valence-corrected chi connectivity index (χ0v) is 12.0. The molecule has 0 radical (unpaired) electrons. The molecule has 0 saturated heterocycles. The zero-order valence-electron chi connectivity index (χ0n) is 10.4. The zero-order chi connectivity index (χ0) is 13.9. The Hall–Kier alpha value is -1.43. The number of carbonyl (C=O) groups is 2. The van der Waals surface area contributed by atoms with E-state index >= 15 is 0 Å². The predicted molar refractivity (Wildman–Crippen MR) is 70.3 cm³/mol. The van der Waals surface area contributed by atoms with Gasteiger partial charge in [-0.2, -0.15) is 0 Å². The highest BCUT2D eigenvalue weighted by atomic mass is 79.9. The third-order valence-electron chi connectivity index (χ3n) is 2.38. The molecule has 0 aliphatic rings. The summed E-state index contributed by atoms with van der Waals surface area (Å²) in [4.78, 5) is 27.0. The average Bonchev–Trinajstić information content (AvgIpc) is 2.23. The second-order valence-corrected chi connectivity index (χ2v) is 5.79. The molecular formula is C12H15BrN2O3. The van der Waals surface area contributed by atoms with Crippen molar-refractivity contribution in [3.05, 3.63) is 28.5 Å². The van der Waals surface area contributed by atoms with Crippen LogP contribution in [0.4, 0.5) is 0 Å². The molecule has 0 spiro atoms. The summed E-state index contributed by atoms with van der Waals surface area (Å²) in [5.41, 5.74) is -0.196. The van der Waals surface area contributed by atoms with Crippen LogP contribution in [0.15, 0.2) is 22.9 Å². The molecule has 5 nitrogen and oxygen atoms in total. The van der Waals surface area contributed by atoms with Crippen molar-refractivity contribution in [1.82, 2.24) is 10.3 Å².